The van der Waals surface area contributed by atoms with E-state index in [4.69, 9.17) is 9.47 Å². The Morgan fingerprint density at radius 3 is 1.62 bits per heavy atom. The van der Waals surface area contributed by atoms with E-state index in [9.17, 15) is 20.2 Å². The summed E-state index contributed by atoms with van der Waals surface area (Å²) in [5.74, 6) is -0.0852. The van der Waals surface area contributed by atoms with Crippen LogP contribution < -0.4 is 9.47 Å². The lowest BCUT2D eigenvalue weighted by atomic mass is 9.88. The molecular weight excluding hydrogens is 376 g/mol. The molecule has 0 aromatic heterocycles. The molecule has 2 aromatic carbocycles. The van der Waals surface area contributed by atoms with E-state index in [0.717, 1.165) is 36.8 Å². The first-order valence-corrected chi connectivity index (χ1v) is 9.33. The smallest absolute Gasteiger partial charge is 0.297 e. The average molecular weight is 392 g/mol. The summed E-state index contributed by atoms with van der Waals surface area (Å²) in [6.45, 7) is 0. The summed E-state index contributed by atoms with van der Waals surface area (Å²) in [6, 6.07) is 9.01. The van der Waals surface area contributed by atoms with Crippen molar-refractivity contribution in [1.29, 1.82) is 0 Å². The molecule has 0 bridgehead atoms. The number of non-ortho nitro benzene ring substituents is 2. The van der Waals surface area contributed by atoms with Gasteiger partial charge in [-0.15, -0.1) is 0 Å². The van der Waals surface area contributed by atoms with Gasteiger partial charge in [0.2, 0.25) is 0 Å². The van der Waals surface area contributed by atoms with Crippen LogP contribution in [0.2, 0.25) is 0 Å². The Hall–Kier alpha value is -3.68. The molecule has 2 aromatic rings. The first kappa shape index (κ1) is 17.4. The SMILES string of the molecule is O=[N+]([O-])c1ccc2c(c1)C=C1CCCCC3=Cc4cc([N+](=O)[O-])ccc4OC13O2. The predicted octanol–water partition coefficient (Wildman–Crippen LogP) is 5.03. The van der Waals surface area contributed by atoms with Crippen LogP contribution in [0.4, 0.5) is 11.4 Å². The topological polar surface area (TPSA) is 105 Å². The predicted molar refractivity (Wildman–Crippen MR) is 105 cm³/mol. The molecule has 1 fully saturated rings. The van der Waals surface area contributed by atoms with Crippen molar-refractivity contribution >= 4 is 23.5 Å². The molecule has 29 heavy (non-hydrogen) atoms. The zero-order valence-corrected chi connectivity index (χ0v) is 15.3. The van der Waals surface area contributed by atoms with Crippen molar-refractivity contribution in [2.45, 2.75) is 31.5 Å². The zero-order chi connectivity index (χ0) is 20.2. The van der Waals surface area contributed by atoms with E-state index < -0.39 is 15.6 Å². The van der Waals surface area contributed by atoms with Crippen LogP contribution in [0.5, 0.6) is 11.5 Å². The number of ether oxygens (including phenoxy) is 2. The molecule has 0 amide bonds. The lowest BCUT2D eigenvalue weighted by molar-refractivity contribution is -0.385. The fourth-order valence-electron chi connectivity index (χ4n) is 4.18. The minimum Gasteiger partial charge on any atom is -0.444 e. The summed E-state index contributed by atoms with van der Waals surface area (Å²) in [7, 11) is 0. The Balaban J connectivity index is 1.65. The summed E-state index contributed by atoms with van der Waals surface area (Å²) >= 11 is 0. The molecular formula is C21H16N2O6. The van der Waals surface area contributed by atoms with Gasteiger partial charge in [-0.2, -0.15) is 0 Å². The van der Waals surface area contributed by atoms with Gasteiger partial charge in [0.15, 0.2) is 0 Å². The first-order valence-electron chi connectivity index (χ1n) is 9.33. The average Bonchev–Trinajstić information content (AvgIpc) is 2.87. The van der Waals surface area contributed by atoms with Crippen LogP contribution in [0.25, 0.3) is 12.2 Å². The lowest BCUT2D eigenvalue weighted by Crippen LogP contribution is -2.48. The molecule has 1 saturated carbocycles. The lowest BCUT2D eigenvalue weighted by Gasteiger charge is -2.42. The van der Waals surface area contributed by atoms with Gasteiger partial charge in [-0.3, -0.25) is 20.2 Å². The Kier molecular flexibility index (Phi) is 3.70. The zero-order valence-electron chi connectivity index (χ0n) is 15.3. The number of hydrogen-bond acceptors (Lipinski definition) is 6. The van der Waals surface area contributed by atoms with Crippen molar-refractivity contribution in [2.75, 3.05) is 0 Å². The van der Waals surface area contributed by atoms with Gasteiger partial charge in [-0.25, -0.2) is 0 Å². The molecule has 5 rings (SSSR count). The van der Waals surface area contributed by atoms with E-state index in [1.807, 2.05) is 12.2 Å². The van der Waals surface area contributed by atoms with Crippen molar-refractivity contribution in [2.24, 2.45) is 0 Å². The summed E-state index contributed by atoms with van der Waals surface area (Å²) in [5, 5.41) is 22.3. The van der Waals surface area contributed by atoms with Crippen molar-refractivity contribution in [3.63, 3.8) is 0 Å². The second-order valence-electron chi connectivity index (χ2n) is 7.33. The fourth-order valence-corrected chi connectivity index (χ4v) is 4.18. The molecule has 0 N–H and O–H groups in total. The molecule has 2 heterocycles. The maximum atomic E-state index is 11.1. The van der Waals surface area contributed by atoms with Gasteiger partial charge >= 0.3 is 0 Å². The Morgan fingerprint density at radius 2 is 1.21 bits per heavy atom. The maximum Gasteiger partial charge on any atom is 0.297 e. The van der Waals surface area contributed by atoms with E-state index in [2.05, 4.69) is 0 Å². The van der Waals surface area contributed by atoms with Crippen LogP contribution in [-0.4, -0.2) is 15.6 Å². The highest BCUT2D eigenvalue weighted by Gasteiger charge is 2.49. The molecule has 3 aliphatic rings. The van der Waals surface area contributed by atoms with E-state index in [1.165, 1.54) is 24.3 Å². The quantitative estimate of drug-likeness (QED) is 0.525. The molecule has 8 heteroatoms. The Bertz CT molecular complexity index is 1040. The van der Waals surface area contributed by atoms with Gasteiger partial charge in [0.25, 0.3) is 17.2 Å². The molecule has 0 radical (unpaired) electrons. The summed E-state index contributed by atoms with van der Waals surface area (Å²) in [5.41, 5.74) is 3.12. The largest absolute Gasteiger partial charge is 0.444 e. The molecule has 2 aliphatic heterocycles. The van der Waals surface area contributed by atoms with Crippen molar-refractivity contribution < 1.29 is 19.3 Å². The van der Waals surface area contributed by atoms with Crippen LogP contribution in [0.15, 0.2) is 47.5 Å². The van der Waals surface area contributed by atoms with Crippen LogP contribution in [0.1, 0.15) is 36.8 Å². The minimum atomic E-state index is -1.11. The third-order valence-electron chi connectivity index (χ3n) is 5.56. The molecule has 146 valence electrons. The molecule has 1 aliphatic carbocycles. The molecule has 8 nitrogen and oxygen atoms in total. The highest BCUT2D eigenvalue weighted by molar-refractivity contribution is 5.73. The number of benzene rings is 2. The summed E-state index contributed by atoms with van der Waals surface area (Å²) in [4.78, 5) is 21.4. The van der Waals surface area contributed by atoms with Crippen LogP contribution in [-0.2, 0) is 0 Å². The number of nitro benzene ring substituents is 2. The molecule has 0 saturated heterocycles. The minimum absolute atomic E-state index is 0.00625. The third kappa shape index (κ3) is 2.67. The van der Waals surface area contributed by atoms with E-state index in [-0.39, 0.29) is 11.4 Å². The number of nitrogens with zero attached hydrogens (tertiary/aromatic N) is 2. The standard InChI is InChI=1S/C21H16N2O6/c24-22(25)17-5-7-19-13(11-17)9-15-3-1-2-4-16-10-14-12-18(23(26)27)6-8-20(14)29-21(15,16)28-19/h5-12H,1-4H2. The summed E-state index contributed by atoms with van der Waals surface area (Å²) in [6.07, 6.45) is 7.17. The van der Waals surface area contributed by atoms with Gasteiger partial charge in [0, 0.05) is 46.5 Å². The second kappa shape index (κ2) is 6.16. The van der Waals surface area contributed by atoms with Gasteiger partial charge < -0.3 is 9.47 Å². The van der Waals surface area contributed by atoms with Crippen molar-refractivity contribution in [3.05, 3.63) is 78.9 Å². The molecule has 0 unspecified atom stereocenters. The third-order valence-corrected chi connectivity index (χ3v) is 5.56. The number of hydrogen-bond donors (Lipinski definition) is 0. The number of nitro groups is 2. The van der Waals surface area contributed by atoms with Gasteiger partial charge in [0.1, 0.15) is 11.5 Å². The first-order chi connectivity index (χ1) is 14.0. The second-order valence-corrected chi connectivity index (χ2v) is 7.33. The highest BCUT2D eigenvalue weighted by Crippen LogP contribution is 2.50. The molecule has 0 atom stereocenters. The monoisotopic (exact) mass is 392 g/mol. The number of fused-ring (bicyclic) bond motifs is 2. The Labute approximate surface area is 165 Å². The van der Waals surface area contributed by atoms with Crippen LogP contribution >= 0.6 is 0 Å². The van der Waals surface area contributed by atoms with Gasteiger partial charge in [-0.05, 0) is 50.0 Å². The van der Waals surface area contributed by atoms with Gasteiger partial charge in [-0.1, -0.05) is 0 Å². The van der Waals surface area contributed by atoms with Crippen LogP contribution in [0.3, 0.4) is 0 Å². The van der Waals surface area contributed by atoms with Crippen molar-refractivity contribution in [3.8, 4) is 11.5 Å². The number of rotatable bonds is 2. The van der Waals surface area contributed by atoms with E-state index in [0.29, 0.717) is 22.6 Å². The summed E-state index contributed by atoms with van der Waals surface area (Å²) < 4.78 is 12.7. The normalized spacial score (nSPS) is 18.2. The molecule has 1 spiro atoms. The van der Waals surface area contributed by atoms with Crippen molar-refractivity contribution in [1.82, 2.24) is 0 Å². The van der Waals surface area contributed by atoms with E-state index in [1.54, 1.807) is 12.1 Å². The fraction of sp³-hybridized carbons (Fsp3) is 0.238. The van der Waals surface area contributed by atoms with Crippen LogP contribution in [0, 0.1) is 20.2 Å². The maximum absolute atomic E-state index is 11.1. The van der Waals surface area contributed by atoms with E-state index >= 15 is 0 Å². The van der Waals surface area contributed by atoms with Gasteiger partial charge in [0.05, 0.1) is 9.85 Å². The Morgan fingerprint density at radius 1 is 0.759 bits per heavy atom. The highest BCUT2D eigenvalue weighted by atomic mass is 16.7.